The highest BCUT2D eigenvalue weighted by Gasteiger charge is 2.69. The maximum absolute atomic E-state index is 12.9. The molecule has 6 heteroatoms. The topological polar surface area (TPSA) is 76.1 Å². The second-order valence-electron chi connectivity index (χ2n) is 8.58. The molecule has 1 amide bonds. The molecule has 30 heavy (non-hydrogen) atoms. The first-order valence-corrected chi connectivity index (χ1v) is 10.1. The highest BCUT2D eigenvalue weighted by atomic mass is 16.5. The zero-order chi connectivity index (χ0) is 21.5. The van der Waals surface area contributed by atoms with Gasteiger partial charge in [-0.25, -0.2) is 0 Å². The number of carbonyl (C=O) groups is 2. The largest absolute Gasteiger partial charge is 0.469 e. The van der Waals surface area contributed by atoms with Crippen LogP contribution in [0.1, 0.15) is 25.0 Å². The average molecular weight is 409 g/mol. The van der Waals surface area contributed by atoms with E-state index in [4.69, 9.17) is 9.47 Å². The second kappa shape index (κ2) is 7.52. The summed E-state index contributed by atoms with van der Waals surface area (Å²) in [7, 11) is 1.30. The van der Waals surface area contributed by atoms with E-state index in [1.807, 2.05) is 74.5 Å². The van der Waals surface area contributed by atoms with Crippen molar-refractivity contribution in [3.63, 3.8) is 0 Å². The molecule has 0 radical (unpaired) electrons. The lowest BCUT2D eigenvalue weighted by molar-refractivity contribution is -0.252. The fourth-order valence-electron chi connectivity index (χ4n) is 5.07. The van der Waals surface area contributed by atoms with E-state index < -0.39 is 29.0 Å². The molecule has 2 aliphatic heterocycles. The lowest BCUT2D eigenvalue weighted by Gasteiger charge is -2.64. The molecule has 1 N–H and O–H groups in total. The number of methoxy groups -OCH3 is 1. The van der Waals surface area contributed by atoms with E-state index in [1.54, 1.807) is 4.90 Å². The number of hydrogen-bond acceptors (Lipinski definition) is 5. The average Bonchev–Trinajstić information content (AvgIpc) is 2.76. The predicted octanol–water partition coefficient (Wildman–Crippen LogP) is 2.50. The number of aliphatic hydroxyl groups is 1. The summed E-state index contributed by atoms with van der Waals surface area (Å²) in [6.45, 7) is 4.17. The van der Waals surface area contributed by atoms with Crippen LogP contribution in [0.2, 0.25) is 0 Å². The van der Waals surface area contributed by atoms with Crippen molar-refractivity contribution in [1.29, 1.82) is 0 Å². The lowest BCUT2D eigenvalue weighted by Crippen LogP contribution is -2.79. The molecule has 2 aliphatic rings. The summed E-state index contributed by atoms with van der Waals surface area (Å²) in [6, 6.07) is 18.5. The number of fused-ring (bicyclic) bond motifs is 1. The van der Waals surface area contributed by atoms with Gasteiger partial charge < -0.3 is 19.5 Å². The minimum absolute atomic E-state index is 0.0934. The normalized spacial score (nSPS) is 29.7. The number of carbonyl (C=O) groups excluding carboxylic acids is 2. The van der Waals surface area contributed by atoms with Crippen LogP contribution in [0.3, 0.4) is 0 Å². The molecule has 0 bridgehead atoms. The van der Waals surface area contributed by atoms with Gasteiger partial charge in [-0.2, -0.15) is 0 Å². The summed E-state index contributed by atoms with van der Waals surface area (Å²) in [6.07, 6.45) is -0.672. The quantitative estimate of drug-likeness (QED) is 0.607. The molecule has 2 aromatic rings. The van der Waals surface area contributed by atoms with Crippen LogP contribution in [-0.4, -0.2) is 47.7 Å². The van der Waals surface area contributed by atoms with Gasteiger partial charge in [0.25, 0.3) is 5.91 Å². The fraction of sp³-hybridized carbons (Fsp3) is 0.417. The van der Waals surface area contributed by atoms with Crippen molar-refractivity contribution in [2.24, 2.45) is 11.3 Å². The molecule has 2 aromatic carbocycles. The molecule has 0 saturated carbocycles. The zero-order valence-electron chi connectivity index (χ0n) is 17.4. The molecular formula is C24H27NO5. The van der Waals surface area contributed by atoms with E-state index in [0.717, 1.165) is 5.56 Å². The number of benzene rings is 2. The summed E-state index contributed by atoms with van der Waals surface area (Å²) in [5.41, 5.74) is -0.771. The molecule has 2 heterocycles. The van der Waals surface area contributed by atoms with Crippen LogP contribution >= 0.6 is 0 Å². The molecule has 0 spiro atoms. The molecule has 2 fully saturated rings. The van der Waals surface area contributed by atoms with Gasteiger partial charge in [-0.3, -0.25) is 9.59 Å². The molecule has 4 atom stereocenters. The Morgan fingerprint density at radius 1 is 1.10 bits per heavy atom. The molecule has 0 unspecified atom stereocenters. The highest BCUT2D eigenvalue weighted by Crippen LogP contribution is 2.56. The van der Waals surface area contributed by atoms with Crippen LogP contribution < -0.4 is 0 Å². The number of ether oxygens (including phenoxy) is 2. The standard InChI is InChI=1S/C24H27NO5/c1-23(2)20-19(30-15-16-10-6-4-7-11-16)21(26)25(20)14-18(22(27)29-3)24(23,28)17-12-8-5-9-13-17/h4-13,18-20,28H,14-15H2,1-3H3/t18-,19-,20-,24+/m1/s1. The SMILES string of the molecule is COC(=O)[C@H]1CN2C(=O)[C@H](OCc3ccccc3)[C@@H]2C(C)(C)[C@]1(O)c1ccccc1. The number of amides is 1. The van der Waals surface area contributed by atoms with Gasteiger partial charge in [-0.1, -0.05) is 74.5 Å². The maximum Gasteiger partial charge on any atom is 0.313 e. The minimum atomic E-state index is -1.52. The van der Waals surface area contributed by atoms with Crippen LogP contribution in [0.5, 0.6) is 0 Å². The van der Waals surface area contributed by atoms with Crippen molar-refractivity contribution in [2.75, 3.05) is 13.7 Å². The summed E-state index contributed by atoms with van der Waals surface area (Å²) in [4.78, 5) is 27.2. The van der Waals surface area contributed by atoms with Gasteiger partial charge >= 0.3 is 5.97 Å². The Morgan fingerprint density at radius 2 is 1.70 bits per heavy atom. The van der Waals surface area contributed by atoms with Gasteiger partial charge in [0.05, 0.1) is 19.8 Å². The predicted molar refractivity (Wildman–Crippen MR) is 110 cm³/mol. The van der Waals surface area contributed by atoms with Crippen molar-refractivity contribution in [3.05, 3.63) is 71.8 Å². The van der Waals surface area contributed by atoms with Gasteiger partial charge in [0.15, 0.2) is 6.10 Å². The van der Waals surface area contributed by atoms with Gasteiger partial charge in [0.1, 0.15) is 11.5 Å². The number of esters is 1. The Morgan fingerprint density at radius 3 is 2.30 bits per heavy atom. The third kappa shape index (κ3) is 2.94. The lowest BCUT2D eigenvalue weighted by atomic mass is 9.54. The second-order valence-corrected chi connectivity index (χ2v) is 8.58. The van der Waals surface area contributed by atoms with Gasteiger partial charge in [0.2, 0.25) is 0 Å². The van der Waals surface area contributed by atoms with E-state index in [0.29, 0.717) is 12.2 Å². The van der Waals surface area contributed by atoms with Crippen LogP contribution in [0, 0.1) is 11.3 Å². The van der Waals surface area contributed by atoms with Crippen LogP contribution in [0.4, 0.5) is 0 Å². The van der Waals surface area contributed by atoms with Gasteiger partial charge in [-0.15, -0.1) is 0 Å². The Balaban J connectivity index is 1.68. The molecule has 4 rings (SSSR count). The number of β-lactam (4-membered cyclic amide) rings is 1. The maximum atomic E-state index is 12.9. The van der Waals surface area contributed by atoms with Crippen LogP contribution in [0.15, 0.2) is 60.7 Å². The van der Waals surface area contributed by atoms with E-state index in [1.165, 1.54) is 7.11 Å². The Kier molecular flexibility index (Phi) is 5.16. The van der Waals surface area contributed by atoms with Crippen LogP contribution in [-0.2, 0) is 31.3 Å². The molecule has 6 nitrogen and oxygen atoms in total. The number of nitrogens with zero attached hydrogens (tertiary/aromatic N) is 1. The molecule has 0 aromatic heterocycles. The zero-order valence-corrected chi connectivity index (χ0v) is 17.4. The van der Waals surface area contributed by atoms with E-state index >= 15 is 0 Å². The minimum Gasteiger partial charge on any atom is -0.469 e. The summed E-state index contributed by atoms with van der Waals surface area (Å²) in [5.74, 6) is -1.59. The van der Waals surface area contributed by atoms with Gasteiger partial charge in [-0.05, 0) is 11.1 Å². The van der Waals surface area contributed by atoms with Crippen LogP contribution in [0.25, 0.3) is 0 Å². The number of hydrogen-bond donors (Lipinski definition) is 1. The molecule has 2 saturated heterocycles. The number of piperidine rings is 1. The van der Waals surface area contributed by atoms with E-state index in [9.17, 15) is 14.7 Å². The third-order valence-corrected chi connectivity index (χ3v) is 6.73. The third-order valence-electron chi connectivity index (χ3n) is 6.73. The van der Waals surface area contributed by atoms with Crippen molar-refractivity contribution in [2.45, 2.75) is 38.2 Å². The van der Waals surface area contributed by atoms with Gasteiger partial charge in [0, 0.05) is 12.0 Å². The Hall–Kier alpha value is -2.70. The summed E-state index contributed by atoms with van der Waals surface area (Å²) >= 11 is 0. The molecule has 158 valence electrons. The Bertz CT molecular complexity index is 929. The first-order chi connectivity index (χ1) is 14.3. The monoisotopic (exact) mass is 409 g/mol. The fourth-order valence-corrected chi connectivity index (χ4v) is 5.07. The van der Waals surface area contributed by atoms with Crippen molar-refractivity contribution < 1.29 is 24.2 Å². The van der Waals surface area contributed by atoms with Crippen molar-refractivity contribution in [1.82, 2.24) is 4.90 Å². The van der Waals surface area contributed by atoms with E-state index in [-0.39, 0.29) is 18.5 Å². The van der Waals surface area contributed by atoms with E-state index in [2.05, 4.69) is 0 Å². The number of rotatable bonds is 5. The summed E-state index contributed by atoms with van der Waals surface area (Å²) < 4.78 is 11.0. The first-order valence-electron chi connectivity index (χ1n) is 10.1. The summed E-state index contributed by atoms with van der Waals surface area (Å²) in [5, 5.41) is 12.0. The van der Waals surface area contributed by atoms with Crippen molar-refractivity contribution in [3.8, 4) is 0 Å². The molecule has 0 aliphatic carbocycles. The molecular weight excluding hydrogens is 382 g/mol. The highest BCUT2D eigenvalue weighted by molar-refractivity contribution is 5.90. The smallest absolute Gasteiger partial charge is 0.313 e. The first kappa shape index (κ1) is 20.6. The van der Waals surface area contributed by atoms with Crippen molar-refractivity contribution >= 4 is 11.9 Å². The Labute approximate surface area is 176 Å².